The van der Waals surface area contributed by atoms with Crippen molar-refractivity contribution in [2.45, 2.75) is 26.2 Å². The minimum atomic E-state index is -0.269. The van der Waals surface area contributed by atoms with E-state index in [0.29, 0.717) is 29.1 Å². The summed E-state index contributed by atoms with van der Waals surface area (Å²) in [6, 6.07) is 1.58. The van der Waals surface area contributed by atoms with Gasteiger partial charge < -0.3 is 4.42 Å². The van der Waals surface area contributed by atoms with Gasteiger partial charge in [0.25, 0.3) is 5.91 Å². The van der Waals surface area contributed by atoms with Crippen LogP contribution in [0.25, 0.3) is 0 Å². The summed E-state index contributed by atoms with van der Waals surface area (Å²) >= 11 is 3.15. The molecular weight excluding hydrogens is 286 g/mol. The maximum Gasteiger partial charge on any atom is 0.264 e. The van der Waals surface area contributed by atoms with E-state index in [1.165, 1.54) is 11.2 Å². The van der Waals surface area contributed by atoms with E-state index < -0.39 is 0 Å². The SMILES string of the molecule is CCCC1CC(=O)N(C(=O)c2ccoc2Br)C1. The lowest BCUT2D eigenvalue weighted by Gasteiger charge is -2.13. The third-order valence-corrected chi connectivity index (χ3v) is 3.61. The van der Waals surface area contributed by atoms with Crippen molar-refractivity contribution in [3.63, 3.8) is 0 Å². The number of likely N-dealkylation sites (tertiary alicyclic amines) is 1. The molecule has 4 nitrogen and oxygen atoms in total. The monoisotopic (exact) mass is 299 g/mol. The minimum absolute atomic E-state index is 0.0819. The standard InChI is InChI=1S/C12H14BrNO3/c1-2-3-8-6-10(15)14(7-8)12(16)9-4-5-17-11(9)13/h4-5,8H,2-3,6-7H2,1H3. The predicted octanol–water partition coefficient (Wildman–Crippen LogP) is 2.83. The first kappa shape index (κ1) is 12.4. The summed E-state index contributed by atoms with van der Waals surface area (Å²) in [5, 5.41) is 0. The van der Waals surface area contributed by atoms with Crippen LogP contribution in [-0.4, -0.2) is 23.3 Å². The zero-order chi connectivity index (χ0) is 12.4. The summed E-state index contributed by atoms with van der Waals surface area (Å²) in [6.45, 7) is 2.62. The fourth-order valence-corrected chi connectivity index (χ4v) is 2.58. The van der Waals surface area contributed by atoms with Gasteiger partial charge in [0, 0.05) is 13.0 Å². The Hall–Kier alpha value is -1.10. The number of hydrogen-bond donors (Lipinski definition) is 0. The molecule has 0 radical (unpaired) electrons. The zero-order valence-electron chi connectivity index (χ0n) is 9.61. The third-order valence-electron chi connectivity index (χ3n) is 3.00. The fraction of sp³-hybridized carbons (Fsp3) is 0.500. The van der Waals surface area contributed by atoms with E-state index in [-0.39, 0.29) is 11.8 Å². The molecule has 1 aromatic heterocycles. The van der Waals surface area contributed by atoms with Crippen LogP contribution in [0.15, 0.2) is 21.4 Å². The average molecular weight is 300 g/mol. The molecule has 0 aliphatic carbocycles. The fourth-order valence-electron chi connectivity index (χ4n) is 2.17. The molecule has 2 rings (SSSR count). The van der Waals surface area contributed by atoms with Crippen LogP contribution >= 0.6 is 15.9 Å². The molecule has 0 aromatic carbocycles. The second-order valence-electron chi connectivity index (χ2n) is 4.28. The molecule has 2 heterocycles. The Balaban J connectivity index is 2.11. The molecule has 1 aliphatic heterocycles. The highest BCUT2D eigenvalue weighted by Crippen LogP contribution is 2.26. The van der Waals surface area contributed by atoms with Crippen molar-refractivity contribution in [3.8, 4) is 0 Å². The molecule has 1 unspecified atom stereocenters. The molecule has 17 heavy (non-hydrogen) atoms. The lowest BCUT2D eigenvalue weighted by Crippen LogP contribution is -2.32. The maximum atomic E-state index is 12.1. The number of furan rings is 1. The van der Waals surface area contributed by atoms with Gasteiger partial charge in [0.1, 0.15) is 0 Å². The second kappa shape index (κ2) is 5.04. The van der Waals surface area contributed by atoms with Gasteiger partial charge >= 0.3 is 0 Å². The highest BCUT2D eigenvalue weighted by molar-refractivity contribution is 9.10. The van der Waals surface area contributed by atoms with E-state index in [9.17, 15) is 9.59 Å². The van der Waals surface area contributed by atoms with Crippen LogP contribution in [0.2, 0.25) is 0 Å². The topological polar surface area (TPSA) is 50.5 Å². The van der Waals surface area contributed by atoms with E-state index in [2.05, 4.69) is 22.9 Å². The number of carbonyl (C=O) groups is 2. The Morgan fingerprint density at radius 3 is 3.00 bits per heavy atom. The van der Waals surface area contributed by atoms with E-state index in [0.717, 1.165) is 12.8 Å². The van der Waals surface area contributed by atoms with Crippen molar-refractivity contribution in [1.29, 1.82) is 0 Å². The molecule has 0 saturated carbocycles. The predicted molar refractivity (Wildman–Crippen MR) is 65.5 cm³/mol. The van der Waals surface area contributed by atoms with Crippen molar-refractivity contribution in [1.82, 2.24) is 4.90 Å². The van der Waals surface area contributed by atoms with Gasteiger partial charge in [-0.3, -0.25) is 14.5 Å². The average Bonchev–Trinajstić information content (AvgIpc) is 2.85. The number of imide groups is 1. The first-order valence-electron chi connectivity index (χ1n) is 5.71. The Bertz CT molecular complexity index is 441. The normalized spacial score (nSPS) is 20.0. The summed E-state index contributed by atoms with van der Waals surface area (Å²) in [4.78, 5) is 25.2. The Morgan fingerprint density at radius 1 is 1.65 bits per heavy atom. The number of hydrogen-bond acceptors (Lipinski definition) is 3. The van der Waals surface area contributed by atoms with E-state index in [4.69, 9.17) is 4.42 Å². The van der Waals surface area contributed by atoms with Crippen LogP contribution in [0.1, 0.15) is 36.5 Å². The maximum absolute atomic E-state index is 12.1. The molecular formula is C12H14BrNO3. The van der Waals surface area contributed by atoms with Crippen molar-refractivity contribution in [3.05, 3.63) is 22.6 Å². The summed E-state index contributed by atoms with van der Waals surface area (Å²) < 4.78 is 5.40. The van der Waals surface area contributed by atoms with Gasteiger partial charge in [0.05, 0.1) is 11.8 Å². The quantitative estimate of drug-likeness (QED) is 0.807. The third kappa shape index (κ3) is 2.44. The molecule has 1 aliphatic rings. The lowest BCUT2D eigenvalue weighted by molar-refractivity contribution is -0.125. The smallest absolute Gasteiger partial charge is 0.264 e. The van der Waals surface area contributed by atoms with E-state index in [1.807, 2.05) is 0 Å². The van der Waals surface area contributed by atoms with Crippen LogP contribution < -0.4 is 0 Å². The summed E-state index contributed by atoms with van der Waals surface area (Å²) in [6.07, 6.45) is 3.94. The van der Waals surface area contributed by atoms with Crippen molar-refractivity contribution < 1.29 is 14.0 Å². The second-order valence-corrected chi connectivity index (χ2v) is 5.00. The number of nitrogens with zero attached hydrogens (tertiary/aromatic N) is 1. The highest BCUT2D eigenvalue weighted by atomic mass is 79.9. The van der Waals surface area contributed by atoms with Gasteiger partial charge in [0.2, 0.25) is 5.91 Å². The van der Waals surface area contributed by atoms with Gasteiger partial charge in [0.15, 0.2) is 4.67 Å². The molecule has 1 atom stereocenters. The molecule has 0 bridgehead atoms. The van der Waals surface area contributed by atoms with Gasteiger partial charge in [-0.1, -0.05) is 13.3 Å². The number of carbonyl (C=O) groups excluding carboxylic acids is 2. The summed E-state index contributed by atoms with van der Waals surface area (Å²) in [7, 11) is 0. The molecule has 1 aromatic rings. The number of amides is 2. The largest absolute Gasteiger partial charge is 0.457 e. The van der Waals surface area contributed by atoms with Crippen LogP contribution in [0.4, 0.5) is 0 Å². The molecule has 0 N–H and O–H groups in total. The van der Waals surface area contributed by atoms with Gasteiger partial charge in [-0.05, 0) is 34.3 Å². The Morgan fingerprint density at radius 2 is 2.41 bits per heavy atom. The lowest BCUT2D eigenvalue weighted by atomic mass is 10.0. The highest BCUT2D eigenvalue weighted by Gasteiger charge is 2.34. The van der Waals surface area contributed by atoms with Crippen LogP contribution in [0.5, 0.6) is 0 Å². The molecule has 2 amide bonds. The van der Waals surface area contributed by atoms with Crippen molar-refractivity contribution >= 4 is 27.7 Å². The number of rotatable bonds is 3. The van der Waals surface area contributed by atoms with Gasteiger partial charge in [-0.25, -0.2) is 0 Å². The number of halogens is 1. The van der Waals surface area contributed by atoms with E-state index >= 15 is 0 Å². The van der Waals surface area contributed by atoms with Gasteiger partial charge in [-0.2, -0.15) is 0 Å². The summed E-state index contributed by atoms with van der Waals surface area (Å²) in [5.41, 5.74) is 0.412. The molecule has 5 heteroatoms. The molecule has 1 fully saturated rings. The molecule has 92 valence electrons. The van der Waals surface area contributed by atoms with E-state index in [1.54, 1.807) is 6.07 Å². The Kier molecular flexibility index (Phi) is 3.66. The molecule has 0 spiro atoms. The van der Waals surface area contributed by atoms with Crippen LogP contribution in [0, 0.1) is 5.92 Å². The van der Waals surface area contributed by atoms with Crippen molar-refractivity contribution in [2.75, 3.05) is 6.54 Å². The van der Waals surface area contributed by atoms with Gasteiger partial charge in [-0.15, -0.1) is 0 Å². The van der Waals surface area contributed by atoms with Crippen LogP contribution in [-0.2, 0) is 4.79 Å². The minimum Gasteiger partial charge on any atom is -0.457 e. The zero-order valence-corrected chi connectivity index (χ0v) is 11.2. The van der Waals surface area contributed by atoms with Crippen molar-refractivity contribution in [2.24, 2.45) is 5.92 Å². The first-order valence-corrected chi connectivity index (χ1v) is 6.50. The molecule has 1 saturated heterocycles. The Labute approximate surface area is 108 Å². The summed E-state index contributed by atoms with van der Waals surface area (Å²) in [5.74, 6) is -0.0436. The van der Waals surface area contributed by atoms with Crippen LogP contribution in [0.3, 0.4) is 0 Å². The first-order chi connectivity index (χ1) is 8.13.